The second kappa shape index (κ2) is 10.6. The van der Waals surface area contributed by atoms with Gasteiger partial charge in [-0.05, 0) is 49.6 Å². The van der Waals surface area contributed by atoms with Gasteiger partial charge in [0.15, 0.2) is 5.71 Å². The lowest BCUT2D eigenvalue weighted by atomic mass is 9.98. The molecule has 0 spiro atoms. The van der Waals surface area contributed by atoms with E-state index in [0.717, 1.165) is 11.1 Å². The van der Waals surface area contributed by atoms with E-state index in [1.807, 2.05) is 19.1 Å². The highest BCUT2D eigenvalue weighted by Gasteiger charge is 2.19. The van der Waals surface area contributed by atoms with Crippen LogP contribution in [0.1, 0.15) is 29.2 Å². The lowest BCUT2D eigenvalue weighted by Crippen LogP contribution is -2.29. The van der Waals surface area contributed by atoms with Gasteiger partial charge in [-0.15, -0.1) is 0 Å². The number of carbonyl (C=O) groups excluding carboxylic acids is 1. The molecule has 6 nitrogen and oxygen atoms in total. The average Bonchev–Trinajstić information content (AvgIpc) is 2.72. The molecule has 0 saturated carbocycles. The van der Waals surface area contributed by atoms with Gasteiger partial charge in [-0.2, -0.15) is 0 Å². The van der Waals surface area contributed by atoms with Gasteiger partial charge in [0.05, 0.1) is 0 Å². The van der Waals surface area contributed by atoms with Crippen molar-refractivity contribution in [2.45, 2.75) is 20.5 Å². The van der Waals surface area contributed by atoms with Crippen molar-refractivity contribution in [3.63, 3.8) is 0 Å². The van der Waals surface area contributed by atoms with Crippen molar-refractivity contribution in [3.05, 3.63) is 70.5 Å². The van der Waals surface area contributed by atoms with Crippen LogP contribution in [0, 0.1) is 24.6 Å². The number of amides is 1. The van der Waals surface area contributed by atoms with E-state index >= 15 is 0 Å². The van der Waals surface area contributed by atoms with Crippen molar-refractivity contribution in [2.24, 2.45) is 10.3 Å². The summed E-state index contributed by atoms with van der Waals surface area (Å²) in [5.74, 6) is 5.05. The summed E-state index contributed by atoms with van der Waals surface area (Å²) in [6.07, 6.45) is 0. The molecule has 0 aliphatic carbocycles. The highest BCUT2D eigenvalue weighted by atomic mass is 19.1. The second-order valence-electron chi connectivity index (χ2n) is 6.01. The molecule has 2 rings (SSSR count). The summed E-state index contributed by atoms with van der Waals surface area (Å²) in [6.45, 7) is 3.73. The normalized spacial score (nSPS) is 11.3. The number of carbonyl (C=O) groups is 1. The molecule has 150 valence electrons. The Morgan fingerprint density at radius 3 is 2.55 bits per heavy atom. The van der Waals surface area contributed by atoms with E-state index in [4.69, 9.17) is 9.68 Å². The number of nitrogens with zero attached hydrogens (tertiary/aromatic N) is 2. The molecule has 2 aromatic carbocycles. The van der Waals surface area contributed by atoms with Crippen LogP contribution in [0.15, 0.2) is 52.8 Å². The minimum atomic E-state index is -0.372. The van der Waals surface area contributed by atoms with Crippen LogP contribution in [0.4, 0.5) is 4.39 Å². The van der Waals surface area contributed by atoms with E-state index < -0.39 is 0 Å². The fourth-order valence-electron chi connectivity index (χ4n) is 2.45. The van der Waals surface area contributed by atoms with Crippen LogP contribution in [0.5, 0.6) is 0 Å². The first-order valence-corrected chi connectivity index (χ1v) is 8.82. The molecule has 0 atom stereocenters. The van der Waals surface area contributed by atoms with E-state index in [9.17, 15) is 9.18 Å². The van der Waals surface area contributed by atoms with E-state index in [-0.39, 0.29) is 24.0 Å². The Hall–Kier alpha value is -3.66. The molecule has 1 N–H and O–H groups in total. The molecule has 0 aliphatic heterocycles. The molecule has 1 amide bonds. The average molecular weight is 395 g/mol. The maximum Gasteiger partial charge on any atom is 0.273 e. The Bertz CT molecular complexity index is 987. The zero-order chi connectivity index (χ0) is 21.2. The van der Waals surface area contributed by atoms with Crippen molar-refractivity contribution >= 4 is 17.3 Å². The standard InChI is InChI=1S/C22H22FN3O3/c1-15-6-5-7-19(21(26-28-4)22(27)24-3)20(15)14-29-25-16(2)8-9-17-10-12-18(23)13-11-17/h5-7,10-13H,14H2,1-4H3,(H,24,27)/b25-16+,26-21?. The molecule has 0 saturated heterocycles. The molecule has 29 heavy (non-hydrogen) atoms. The Kier molecular flexibility index (Phi) is 7.92. The first-order chi connectivity index (χ1) is 14.0. The molecule has 0 heterocycles. The van der Waals surface area contributed by atoms with E-state index in [1.165, 1.54) is 26.3 Å². The van der Waals surface area contributed by atoms with Crippen LogP contribution in [-0.2, 0) is 21.1 Å². The van der Waals surface area contributed by atoms with Crippen molar-refractivity contribution in [1.82, 2.24) is 5.32 Å². The predicted molar refractivity (Wildman–Crippen MR) is 110 cm³/mol. The second-order valence-corrected chi connectivity index (χ2v) is 6.01. The molecule has 0 aromatic heterocycles. The molecular weight excluding hydrogens is 373 g/mol. The van der Waals surface area contributed by atoms with Crippen LogP contribution in [0.25, 0.3) is 0 Å². The number of oxime groups is 2. The smallest absolute Gasteiger partial charge is 0.273 e. The Morgan fingerprint density at radius 1 is 1.17 bits per heavy atom. The summed E-state index contributed by atoms with van der Waals surface area (Å²) in [4.78, 5) is 22.4. The van der Waals surface area contributed by atoms with E-state index in [2.05, 4.69) is 27.5 Å². The number of benzene rings is 2. The largest absolute Gasteiger partial charge is 0.398 e. The number of nitrogens with one attached hydrogen (secondary N) is 1. The van der Waals surface area contributed by atoms with Gasteiger partial charge in [0, 0.05) is 23.7 Å². The quantitative estimate of drug-likeness (QED) is 0.464. The molecule has 0 unspecified atom stereocenters. The van der Waals surface area contributed by atoms with Crippen LogP contribution >= 0.6 is 0 Å². The highest BCUT2D eigenvalue weighted by molar-refractivity contribution is 6.45. The third-order valence-corrected chi connectivity index (χ3v) is 3.93. The molecule has 2 aromatic rings. The molecular formula is C22H22FN3O3. The number of rotatable bonds is 6. The van der Waals surface area contributed by atoms with E-state index in [1.54, 1.807) is 25.1 Å². The van der Waals surface area contributed by atoms with Gasteiger partial charge in [-0.3, -0.25) is 4.79 Å². The lowest BCUT2D eigenvalue weighted by molar-refractivity contribution is -0.114. The lowest BCUT2D eigenvalue weighted by Gasteiger charge is -2.12. The van der Waals surface area contributed by atoms with Gasteiger partial charge in [-0.25, -0.2) is 4.39 Å². The van der Waals surface area contributed by atoms with Crippen molar-refractivity contribution in [2.75, 3.05) is 14.2 Å². The maximum atomic E-state index is 12.9. The number of halogens is 1. The number of aryl methyl sites for hydroxylation is 1. The van der Waals surface area contributed by atoms with Crippen molar-refractivity contribution < 1.29 is 18.9 Å². The number of hydrogen-bond donors (Lipinski definition) is 1. The Balaban J connectivity index is 2.18. The first-order valence-electron chi connectivity index (χ1n) is 8.82. The molecule has 0 radical (unpaired) electrons. The zero-order valence-electron chi connectivity index (χ0n) is 16.7. The summed E-state index contributed by atoms with van der Waals surface area (Å²) in [7, 11) is 2.90. The Morgan fingerprint density at radius 2 is 1.90 bits per heavy atom. The third-order valence-electron chi connectivity index (χ3n) is 3.93. The number of hydrogen-bond acceptors (Lipinski definition) is 5. The first kappa shape index (κ1) is 21.6. The minimum absolute atomic E-state index is 0.122. The van der Waals surface area contributed by atoms with Gasteiger partial charge in [-0.1, -0.05) is 34.4 Å². The zero-order valence-corrected chi connectivity index (χ0v) is 16.7. The summed E-state index contributed by atoms with van der Waals surface area (Å²) in [5.41, 5.74) is 3.55. The van der Waals surface area contributed by atoms with Crippen LogP contribution < -0.4 is 5.32 Å². The van der Waals surface area contributed by atoms with Crippen LogP contribution in [0.2, 0.25) is 0 Å². The fraction of sp³-hybridized carbons (Fsp3) is 0.227. The van der Waals surface area contributed by atoms with Crippen molar-refractivity contribution in [3.8, 4) is 11.8 Å². The third kappa shape index (κ3) is 6.18. The van der Waals surface area contributed by atoms with Gasteiger partial charge >= 0.3 is 0 Å². The van der Waals surface area contributed by atoms with E-state index in [0.29, 0.717) is 16.8 Å². The SMILES string of the molecule is CNC(=O)C(=NOC)c1cccc(C)c1CO/N=C(\C)C#Cc1ccc(F)cc1. The van der Waals surface area contributed by atoms with Gasteiger partial charge in [0.1, 0.15) is 25.2 Å². The molecule has 0 fully saturated rings. The van der Waals surface area contributed by atoms with Crippen LogP contribution in [0.3, 0.4) is 0 Å². The topological polar surface area (TPSA) is 72.3 Å². The maximum absolute atomic E-state index is 12.9. The minimum Gasteiger partial charge on any atom is -0.398 e. The summed E-state index contributed by atoms with van der Waals surface area (Å²) < 4.78 is 12.9. The van der Waals surface area contributed by atoms with Gasteiger partial charge in [0.2, 0.25) is 0 Å². The van der Waals surface area contributed by atoms with Gasteiger partial charge in [0.25, 0.3) is 5.91 Å². The predicted octanol–water partition coefficient (Wildman–Crippen LogP) is 3.17. The molecule has 0 aliphatic rings. The molecule has 7 heteroatoms. The monoisotopic (exact) mass is 395 g/mol. The van der Waals surface area contributed by atoms with Crippen molar-refractivity contribution in [1.29, 1.82) is 0 Å². The van der Waals surface area contributed by atoms with Crippen LogP contribution in [-0.4, -0.2) is 31.5 Å². The number of likely N-dealkylation sites (N-methyl/N-ethyl adjacent to an activating group) is 1. The summed E-state index contributed by atoms with van der Waals surface area (Å²) >= 11 is 0. The summed E-state index contributed by atoms with van der Waals surface area (Å²) in [6, 6.07) is 11.4. The highest BCUT2D eigenvalue weighted by Crippen LogP contribution is 2.17. The summed E-state index contributed by atoms with van der Waals surface area (Å²) in [5, 5.41) is 10.4. The van der Waals surface area contributed by atoms with Gasteiger partial charge < -0.3 is 15.0 Å². The molecule has 0 bridgehead atoms. The Labute approximate surface area is 169 Å². The fourth-order valence-corrected chi connectivity index (χ4v) is 2.45.